The van der Waals surface area contributed by atoms with Crippen molar-refractivity contribution in [1.29, 1.82) is 0 Å². The zero-order valence-electron chi connectivity index (χ0n) is 8.63. The minimum atomic E-state index is 0. The van der Waals surface area contributed by atoms with Crippen LogP contribution in [0.15, 0.2) is 0 Å². The first-order chi connectivity index (χ1) is 5.85. The topological polar surface area (TPSA) is 146 Å². The molecule has 0 aromatic rings. The SMILES string of the molecule is NN.OCCN(CCO)CCO.[Na+].[OH-]. The van der Waals surface area contributed by atoms with Gasteiger partial charge in [0.25, 0.3) is 0 Å². The molecule has 0 spiro atoms. The van der Waals surface area contributed by atoms with Gasteiger partial charge in [-0.1, -0.05) is 0 Å². The Morgan fingerprint density at radius 3 is 1.14 bits per heavy atom. The smallest absolute Gasteiger partial charge is 0.870 e. The summed E-state index contributed by atoms with van der Waals surface area (Å²) in [7, 11) is 0. The summed E-state index contributed by atoms with van der Waals surface area (Å²) in [5.74, 6) is 8.00. The molecule has 8 heteroatoms. The van der Waals surface area contributed by atoms with Crippen LogP contribution in [0.3, 0.4) is 0 Å². The number of nitrogens with two attached hydrogens (primary N) is 2. The molecule has 0 rings (SSSR count). The maximum absolute atomic E-state index is 8.48. The van der Waals surface area contributed by atoms with Crippen molar-refractivity contribution < 1.29 is 50.4 Å². The van der Waals surface area contributed by atoms with Crippen LogP contribution in [0, 0.1) is 0 Å². The van der Waals surface area contributed by atoms with Crippen LogP contribution in [0.4, 0.5) is 0 Å². The molecule has 0 heterocycles. The van der Waals surface area contributed by atoms with Crippen LogP contribution in [0.2, 0.25) is 0 Å². The Labute approximate surface area is 106 Å². The minimum Gasteiger partial charge on any atom is -0.870 e. The Hall–Kier alpha value is 0.720. The Morgan fingerprint density at radius 2 is 1.00 bits per heavy atom. The molecule has 0 aliphatic rings. The maximum Gasteiger partial charge on any atom is 1.00 e. The monoisotopic (exact) mass is 221 g/mol. The van der Waals surface area contributed by atoms with E-state index in [1.54, 1.807) is 4.90 Å². The van der Waals surface area contributed by atoms with E-state index in [4.69, 9.17) is 15.3 Å². The molecule has 0 aromatic carbocycles. The normalized spacial score (nSPS) is 8.14. The zero-order valence-corrected chi connectivity index (χ0v) is 10.6. The van der Waals surface area contributed by atoms with E-state index in [-0.39, 0.29) is 54.9 Å². The summed E-state index contributed by atoms with van der Waals surface area (Å²) in [4.78, 5) is 1.79. The van der Waals surface area contributed by atoms with Gasteiger partial charge in [-0.05, 0) is 0 Å². The van der Waals surface area contributed by atoms with Crippen molar-refractivity contribution in [3.8, 4) is 0 Å². The van der Waals surface area contributed by atoms with E-state index in [0.29, 0.717) is 19.6 Å². The summed E-state index contributed by atoms with van der Waals surface area (Å²) in [6, 6.07) is 0. The number of hydrazine groups is 1. The average Bonchev–Trinajstić information content (AvgIpc) is 2.10. The van der Waals surface area contributed by atoms with Crippen molar-refractivity contribution in [2.45, 2.75) is 0 Å². The molecule has 0 amide bonds. The van der Waals surface area contributed by atoms with Crippen molar-refractivity contribution in [3.05, 3.63) is 0 Å². The molecule has 0 saturated carbocycles. The van der Waals surface area contributed by atoms with Gasteiger partial charge in [0.2, 0.25) is 0 Å². The number of rotatable bonds is 6. The average molecular weight is 221 g/mol. The molecule has 14 heavy (non-hydrogen) atoms. The zero-order chi connectivity index (χ0) is 9.82. The first kappa shape index (κ1) is 24.1. The quantitative estimate of drug-likeness (QED) is 0.170. The summed E-state index contributed by atoms with van der Waals surface area (Å²) >= 11 is 0. The number of nitrogens with zero attached hydrogens (tertiary/aromatic N) is 1. The Morgan fingerprint density at radius 1 is 0.786 bits per heavy atom. The van der Waals surface area contributed by atoms with E-state index in [0.717, 1.165) is 0 Å². The summed E-state index contributed by atoms with van der Waals surface area (Å²) in [6.45, 7) is 1.75. The second-order valence-electron chi connectivity index (χ2n) is 2.01. The fourth-order valence-electron chi connectivity index (χ4n) is 0.760. The van der Waals surface area contributed by atoms with E-state index in [1.807, 2.05) is 0 Å². The number of aliphatic hydroxyl groups is 3. The van der Waals surface area contributed by atoms with Gasteiger partial charge in [0, 0.05) is 19.6 Å². The van der Waals surface area contributed by atoms with Crippen molar-refractivity contribution in [2.24, 2.45) is 11.7 Å². The number of aliphatic hydroxyl groups excluding tert-OH is 3. The van der Waals surface area contributed by atoms with Crippen LogP contribution in [0.25, 0.3) is 0 Å². The van der Waals surface area contributed by atoms with Gasteiger partial charge in [-0.2, -0.15) is 0 Å². The van der Waals surface area contributed by atoms with Crippen LogP contribution >= 0.6 is 0 Å². The van der Waals surface area contributed by atoms with E-state index >= 15 is 0 Å². The molecule has 0 unspecified atom stereocenters. The van der Waals surface area contributed by atoms with E-state index in [9.17, 15) is 0 Å². The van der Waals surface area contributed by atoms with Crippen molar-refractivity contribution >= 4 is 0 Å². The molecule has 0 radical (unpaired) electrons. The van der Waals surface area contributed by atoms with E-state index in [1.165, 1.54) is 0 Å². The molecule has 0 aromatic heterocycles. The fraction of sp³-hybridized carbons (Fsp3) is 1.00. The standard InChI is InChI=1S/C6H15NO3.H4N2.Na.H2O/c8-4-1-7(2-5-9)3-6-10;1-2;;/h8-10H,1-6H2;1-2H2;;1H2/q;;+1;/p-1. The van der Waals surface area contributed by atoms with Gasteiger partial charge in [-0.3, -0.25) is 16.6 Å². The first-order valence-corrected chi connectivity index (χ1v) is 3.73. The van der Waals surface area contributed by atoms with Crippen LogP contribution in [0.1, 0.15) is 0 Å². The molecule has 0 aliphatic carbocycles. The van der Waals surface area contributed by atoms with Crippen molar-refractivity contribution in [2.75, 3.05) is 39.5 Å². The van der Waals surface area contributed by atoms with Crippen LogP contribution < -0.4 is 41.2 Å². The van der Waals surface area contributed by atoms with Crippen LogP contribution in [-0.2, 0) is 0 Å². The van der Waals surface area contributed by atoms with Crippen molar-refractivity contribution in [3.63, 3.8) is 0 Å². The summed E-state index contributed by atoms with van der Waals surface area (Å²) in [5.41, 5.74) is 0. The predicted octanol–water partition coefficient (Wildman–Crippen LogP) is -6.09. The van der Waals surface area contributed by atoms with Gasteiger partial charge in [0.1, 0.15) is 0 Å². The maximum atomic E-state index is 8.48. The predicted molar refractivity (Wildman–Crippen MR) is 48.0 cm³/mol. The number of hydrogen-bond acceptors (Lipinski definition) is 7. The minimum absolute atomic E-state index is 0. The second kappa shape index (κ2) is 23.5. The van der Waals surface area contributed by atoms with Crippen LogP contribution in [-0.4, -0.2) is 65.2 Å². The van der Waals surface area contributed by atoms with Crippen LogP contribution in [0.5, 0.6) is 0 Å². The molecular weight excluding hydrogens is 201 g/mol. The molecule has 0 aliphatic heterocycles. The molecule has 0 saturated heterocycles. The summed E-state index contributed by atoms with van der Waals surface area (Å²) in [6.07, 6.45) is 0. The molecule has 7 nitrogen and oxygen atoms in total. The van der Waals surface area contributed by atoms with Gasteiger partial charge in [0.15, 0.2) is 0 Å². The van der Waals surface area contributed by atoms with Gasteiger partial charge >= 0.3 is 29.6 Å². The third-order valence-electron chi connectivity index (χ3n) is 1.25. The van der Waals surface area contributed by atoms with Crippen molar-refractivity contribution in [1.82, 2.24) is 4.90 Å². The molecule has 0 fully saturated rings. The fourth-order valence-corrected chi connectivity index (χ4v) is 0.760. The van der Waals surface area contributed by atoms with Gasteiger partial charge in [0.05, 0.1) is 19.8 Å². The molecule has 8 N–H and O–H groups in total. The molecule has 0 atom stereocenters. The largest absolute Gasteiger partial charge is 1.00 e. The van der Waals surface area contributed by atoms with Gasteiger partial charge in [-0.15, -0.1) is 0 Å². The van der Waals surface area contributed by atoms with E-state index in [2.05, 4.69) is 11.7 Å². The third-order valence-corrected chi connectivity index (χ3v) is 1.25. The Balaban J connectivity index is -0.000000117. The molecule has 84 valence electrons. The summed E-state index contributed by atoms with van der Waals surface area (Å²) < 4.78 is 0. The van der Waals surface area contributed by atoms with E-state index < -0.39 is 0 Å². The van der Waals surface area contributed by atoms with Gasteiger partial charge < -0.3 is 20.8 Å². The van der Waals surface area contributed by atoms with Gasteiger partial charge in [-0.25, -0.2) is 0 Å². The number of hydrogen-bond donors (Lipinski definition) is 5. The molecular formula is C6H20N3NaO4. The third kappa shape index (κ3) is 18.5. The Bertz CT molecular complexity index is 67.8. The Kier molecular flexibility index (Phi) is 40.5. The second-order valence-corrected chi connectivity index (χ2v) is 2.01. The first-order valence-electron chi connectivity index (χ1n) is 3.73. The molecule has 0 bridgehead atoms. The summed E-state index contributed by atoms with van der Waals surface area (Å²) in [5, 5.41) is 25.5.